The van der Waals surface area contributed by atoms with Gasteiger partial charge in [-0.25, -0.2) is 4.39 Å². The predicted octanol–water partition coefficient (Wildman–Crippen LogP) is 5.69. The normalized spacial score (nSPS) is 17.7. The lowest BCUT2D eigenvalue weighted by Crippen LogP contribution is -2.39. The maximum absolute atomic E-state index is 13.5. The molecule has 2 heterocycles. The summed E-state index contributed by atoms with van der Waals surface area (Å²) < 4.78 is 15.2. The fourth-order valence-corrected chi connectivity index (χ4v) is 4.66. The average molecular weight is 557 g/mol. The first kappa shape index (κ1) is 21.0. The molecule has 0 N–H and O–H groups in total. The third-order valence-electron chi connectivity index (χ3n) is 5.65. The van der Waals surface area contributed by atoms with Crippen LogP contribution in [-0.2, 0) is 4.79 Å². The number of anilines is 1. The summed E-state index contributed by atoms with van der Waals surface area (Å²) in [5.41, 5.74) is 3.65. The Morgan fingerprint density at radius 3 is 2.34 bits per heavy atom. The van der Waals surface area contributed by atoms with E-state index in [-0.39, 0.29) is 18.5 Å². The van der Waals surface area contributed by atoms with Crippen LogP contribution in [0, 0.1) is 5.82 Å². The SMILES string of the molecule is O=C1C(=O)N(CN2N=C(c3ccc(Br)cc3)C[C@@H]2c2ccc(F)cc2)c2ccc(Br)cc21. The van der Waals surface area contributed by atoms with Crippen LogP contribution in [0.3, 0.4) is 0 Å². The number of hydrogen-bond donors (Lipinski definition) is 0. The molecule has 2 aliphatic heterocycles. The third-order valence-corrected chi connectivity index (χ3v) is 6.67. The Kier molecular flexibility index (Phi) is 5.43. The molecule has 3 aromatic carbocycles. The van der Waals surface area contributed by atoms with E-state index in [2.05, 4.69) is 31.9 Å². The lowest BCUT2D eigenvalue weighted by Gasteiger charge is -2.28. The summed E-state index contributed by atoms with van der Waals surface area (Å²) >= 11 is 6.80. The molecule has 0 bridgehead atoms. The number of carbonyl (C=O) groups excluding carboxylic acids is 2. The van der Waals surface area contributed by atoms with E-state index < -0.39 is 11.7 Å². The number of Topliss-reactive ketones (excluding diaryl/α,β-unsaturated/α-hetero) is 1. The molecule has 1 amide bonds. The van der Waals surface area contributed by atoms with Gasteiger partial charge in [-0.2, -0.15) is 5.10 Å². The van der Waals surface area contributed by atoms with Crippen molar-refractivity contribution < 1.29 is 14.0 Å². The lowest BCUT2D eigenvalue weighted by molar-refractivity contribution is -0.114. The smallest absolute Gasteiger partial charge is 0.285 e. The molecule has 0 saturated carbocycles. The number of carbonyl (C=O) groups is 2. The van der Waals surface area contributed by atoms with Gasteiger partial charge in [0, 0.05) is 15.4 Å². The summed E-state index contributed by atoms with van der Waals surface area (Å²) in [7, 11) is 0. The number of halogens is 3. The van der Waals surface area contributed by atoms with E-state index in [0.29, 0.717) is 17.7 Å². The van der Waals surface area contributed by atoms with Crippen molar-refractivity contribution in [3.63, 3.8) is 0 Å². The fraction of sp³-hybridized carbons (Fsp3) is 0.125. The Morgan fingerprint density at radius 2 is 1.62 bits per heavy atom. The average Bonchev–Trinajstić information content (AvgIpc) is 3.30. The summed E-state index contributed by atoms with van der Waals surface area (Å²) in [5.74, 6) is -1.42. The number of nitrogens with zero attached hydrogens (tertiary/aromatic N) is 3. The van der Waals surface area contributed by atoms with E-state index in [0.717, 1.165) is 25.8 Å². The van der Waals surface area contributed by atoms with Gasteiger partial charge in [-0.15, -0.1) is 0 Å². The molecule has 5 rings (SSSR count). The van der Waals surface area contributed by atoms with Crippen LogP contribution < -0.4 is 4.90 Å². The number of hydrogen-bond acceptors (Lipinski definition) is 4. The second-order valence-electron chi connectivity index (χ2n) is 7.63. The van der Waals surface area contributed by atoms with Crippen molar-refractivity contribution in [1.82, 2.24) is 5.01 Å². The van der Waals surface area contributed by atoms with E-state index >= 15 is 0 Å². The summed E-state index contributed by atoms with van der Waals surface area (Å²) in [5, 5.41) is 6.61. The largest absolute Gasteiger partial charge is 0.301 e. The third kappa shape index (κ3) is 3.78. The van der Waals surface area contributed by atoms with Gasteiger partial charge in [-0.1, -0.05) is 56.1 Å². The van der Waals surface area contributed by atoms with Gasteiger partial charge in [0.1, 0.15) is 12.5 Å². The van der Waals surface area contributed by atoms with Crippen molar-refractivity contribution in [3.8, 4) is 0 Å². The molecule has 0 unspecified atom stereocenters. The number of amides is 1. The molecule has 1 atom stereocenters. The van der Waals surface area contributed by atoms with Crippen LogP contribution in [0.2, 0.25) is 0 Å². The lowest BCUT2D eigenvalue weighted by atomic mass is 9.98. The first-order chi connectivity index (χ1) is 15.4. The van der Waals surface area contributed by atoms with E-state index in [1.807, 2.05) is 24.3 Å². The van der Waals surface area contributed by atoms with Gasteiger partial charge in [-0.3, -0.25) is 19.5 Å². The Bertz CT molecular complexity index is 1260. The standard InChI is InChI=1S/C24H16Br2FN3O2/c25-16-5-1-14(2-6-16)20-12-22(15-3-8-18(27)9-4-15)30(28-20)13-29-21-10-7-17(26)11-19(21)23(31)24(29)32/h1-11,22H,12-13H2/t22-/m1/s1. The van der Waals surface area contributed by atoms with E-state index in [1.54, 1.807) is 35.3 Å². The van der Waals surface area contributed by atoms with Crippen LogP contribution >= 0.6 is 31.9 Å². The second-order valence-corrected chi connectivity index (χ2v) is 9.46. The van der Waals surface area contributed by atoms with Crippen LogP contribution in [0.15, 0.2) is 80.8 Å². The monoisotopic (exact) mass is 555 g/mol. The predicted molar refractivity (Wildman–Crippen MR) is 127 cm³/mol. The number of fused-ring (bicyclic) bond motifs is 1. The zero-order valence-corrected chi connectivity index (χ0v) is 19.8. The highest BCUT2D eigenvalue weighted by Gasteiger charge is 2.39. The molecule has 8 heteroatoms. The van der Waals surface area contributed by atoms with Crippen molar-refractivity contribution in [2.45, 2.75) is 12.5 Å². The summed E-state index contributed by atoms with van der Waals surface area (Å²) in [4.78, 5) is 26.7. The molecule has 0 aliphatic carbocycles. The highest BCUT2D eigenvalue weighted by Crippen LogP contribution is 2.36. The second kappa shape index (κ2) is 8.26. The highest BCUT2D eigenvalue weighted by atomic mass is 79.9. The van der Waals surface area contributed by atoms with Crippen LogP contribution in [0.1, 0.15) is 33.9 Å². The van der Waals surface area contributed by atoms with Crippen molar-refractivity contribution in [2.24, 2.45) is 5.10 Å². The summed E-state index contributed by atoms with van der Waals surface area (Å²) in [6, 6.07) is 19.2. The molecule has 0 radical (unpaired) electrons. The van der Waals surface area contributed by atoms with Gasteiger partial charge < -0.3 is 0 Å². The van der Waals surface area contributed by atoms with Crippen LogP contribution in [0.5, 0.6) is 0 Å². The summed E-state index contributed by atoms with van der Waals surface area (Å²) in [6.07, 6.45) is 0.594. The Morgan fingerprint density at radius 1 is 0.938 bits per heavy atom. The van der Waals surface area contributed by atoms with Crippen LogP contribution in [0.25, 0.3) is 0 Å². The Labute approximate surface area is 200 Å². The molecule has 0 fully saturated rings. The minimum atomic E-state index is -0.580. The molecule has 3 aromatic rings. The van der Waals surface area contributed by atoms with Crippen molar-refractivity contribution in [2.75, 3.05) is 11.6 Å². The Balaban J connectivity index is 1.51. The highest BCUT2D eigenvalue weighted by molar-refractivity contribution is 9.10. The molecule has 0 aromatic heterocycles. The maximum atomic E-state index is 13.5. The maximum Gasteiger partial charge on any atom is 0.301 e. The summed E-state index contributed by atoms with van der Waals surface area (Å²) in [6.45, 7) is 0.112. The molecular formula is C24H16Br2FN3O2. The van der Waals surface area contributed by atoms with Crippen LogP contribution in [-0.4, -0.2) is 29.1 Å². The van der Waals surface area contributed by atoms with E-state index in [1.165, 1.54) is 17.0 Å². The van der Waals surface area contributed by atoms with Crippen molar-refractivity contribution in [1.29, 1.82) is 0 Å². The van der Waals surface area contributed by atoms with Gasteiger partial charge in [0.05, 0.1) is 23.0 Å². The number of benzene rings is 3. The first-order valence-electron chi connectivity index (χ1n) is 9.92. The minimum Gasteiger partial charge on any atom is -0.285 e. The molecule has 32 heavy (non-hydrogen) atoms. The molecule has 0 saturated heterocycles. The molecule has 2 aliphatic rings. The van der Waals surface area contributed by atoms with E-state index in [9.17, 15) is 14.0 Å². The number of rotatable bonds is 4. The zero-order chi connectivity index (χ0) is 22.4. The fourth-order valence-electron chi connectivity index (χ4n) is 4.03. The van der Waals surface area contributed by atoms with Gasteiger partial charge in [0.15, 0.2) is 0 Å². The van der Waals surface area contributed by atoms with Gasteiger partial charge >= 0.3 is 5.91 Å². The molecule has 0 spiro atoms. The quantitative estimate of drug-likeness (QED) is 0.388. The first-order valence-corrected chi connectivity index (χ1v) is 11.5. The molecule has 5 nitrogen and oxygen atoms in total. The van der Waals surface area contributed by atoms with Gasteiger partial charge in [0.25, 0.3) is 5.78 Å². The van der Waals surface area contributed by atoms with Gasteiger partial charge in [0.2, 0.25) is 0 Å². The van der Waals surface area contributed by atoms with Crippen molar-refractivity contribution >= 4 is 54.9 Å². The van der Waals surface area contributed by atoms with Crippen molar-refractivity contribution in [3.05, 3.63) is 98.2 Å². The van der Waals surface area contributed by atoms with E-state index in [4.69, 9.17) is 5.10 Å². The molecular weight excluding hydrogens is 541 g/mol. The Hall–Kier alpha value is -2.84. The number of ketones is 1. The van der Waals surface area contributed by atoms with Crippen LogP contribution in [0.4, 0.5) is 10.1 Å². The topological polar surface area (TPSA) is 53.0 Å². The molecule has 160 valence electrons. The minimum absolute atomic E-state index is 0.112. The van der Waals surface area contributed by atoms with Gasteiger partial charge in [-0.05, 0) is 53.6 Å². The zero-order valence-electron chi connectivity index (χ0n) is 16.6. The number of hydrazone groups is 1.